The van der Waals surface area contributed by atoms with Gasteiger partial charge in [-0.15, -0.1) is 0 Å². The van der Waals surface area contributed by atoms with E-state index in [1.54, 1.807) is 17.4 Å². The van der Waals surface area contributed by atoms with Crippen LogP contribution in [0.1, 0.15) is 39.3 Å². The SMILES string of the molecule is O=C(O)c1coc2cc(C(=O)N(Cc3ccsc3)C3CC3)[nH]c12. The lowest BCUT2D eigenvalue weighted by Crippen LogP contribution is -2.32. The fourth-order valence-electron chi connectivity index (χ4n) is 2.67. The molecule has 4 rings (SSSR count). The molecule has 0 atom stereocenters. The molecule has 2 N–H and O–H groups in total. The Morgan fingerprint density at radius 3 is 2.91 bits per heavy atom. The number of nitrogens with zero attached hydrogens (tertiary/aromatic N) is 1. The second kappa shape index (κ2) is 5.27. The molecular weight excluding hydrogens is 316 g/mol. The second-order valence-corrected chi connectivity index (χ2v) is 6.45. The number of furan rings is 1. The Hall–Kier alpha value is -2.54. The molecule has 1 saturated carbocycles. The van der Waals surface area contributed by atoms with Gasteiger partial charge < -0.3 is 19.4 Å². The fourth-order valence-corrected chi connectivity index (χ4v) is 3.33. The van der Waals surface area contributed by atoms with Gasteiger partial charge in [0.1, 0.15) is 17.5 Å². The van der Waals surface area contributed by atoms with E-state index in [0.717, 1.165) is 18.4 Å². The highest BCUT2D eigenvalue weighted by Crippen LogP contribution is 2.31. The van der Waals surface area contributed by atoms with Crippen LogP contribution in [0.5, 0.6) is 0 Å². The predicted octanol–water partition coefficient (Wildman–Crippen LogP) is 3.33. The average molecular weight is 330 g/mol. The maximum absolute atomic E-state index is 12.8. The number of carboxylic acid groups (broad SMARTS) is 1. The topological polar surface area (TPSA) is 86.5 Å². The van der Waals surface area contributed by atoms with Gasteiger partial charge in [-0.25, -0.2) is 4.79 Å². The molecule has 3 aromatic heterocycles. The van der Waals surface area contributed by atoms with Gasteiger partial charge in [0.2, 0.25) is 0 Å². The molecule has 6 nitrogen and oxygen atoms in total. The fraction of sp³-hybridized carbons (Fsp3) is 0.250. The van der Waals surface area contributed by atoms with Gasteiger partial charge in [-0.3, -0.25) is 4.79 Å². The van der Waals surface area contributed by atoms with E-state index < -0.39 is 5.97 Å². The van der Waals surface area contributed by atoms with Gasteiger partial charge in [-0.2, -0.15) is 11.3 Å². The quantitative estimate of drug-likeness (QED) is 0.751. The van der Waals surface area contributed by atoms with Crippen LogP contribution in [-0.4, -0.2) is 32.9 Å². The van der Waals surface area contributed by atoms with E-state index in [1.165, 1.54) is 6.26 Å². The minimum atomic E-state index is -1.08. The lowest BCUT2D eigenvalue weighted by Gasteiger charge is -2.21. The van der Waals surface area contributed by atoms with Gasteiger partial charge in [0.05, 0.1) is 5.52 Å². The highest BCUT2D eigenvalue weighted by molar-refractivity contribution is 7.07. The van der Waals surface area contributed by atoms with Gasteiger partial charge in [-0.1, -0.05) is 0 Å². The first kappa shape index (κ1) is 14.1. The molecule has 0 radical (unpaired) electrons. The van der Waals surface area contributed by atoms with Gasteiger partial charge in [0.15, 0.2) is 5.58 Å². The lowest BCUT2D eigenvalue weighted by molar-refractivity contribution is 0.0693. The number of nitrogens with one attached hydrogen (secondary N) is 1. The average Bonchev–Trinajstić information content (AvgIpc) is 2.94. The number of carbonyl (C=O) groups is 2. The second-order valence-electron chi connectivity index (χ2n) is 5.67. The monoisotopic (exact) mass is 330 g/mol. The van der Waals surface area contributed by atoms with Gasteiger partial charge in [0, 0.05) is 18.7 Å². The highest BCUT2D eigenvalue weighted by Gasteiger charge is 2.34. The van der Waals surface area contributed by atoms with E-state index in [1.807, 2.05) is 21.7 Å². The molecule has 0 aromatic carbocycles. The van der Waals surface area contributed by atoms with Crippen LogP contribution < -0.4 is 0 Å². The molecule has 3 heterocycles. The van der Waals surface area contributed by atoms with Crippen molar-refractivity contribution in [2.75, 3.05) is 0 Å². The minimum absolute atomic E-state index is 0.0369. The lowest BCUT2D eigenvalue weighted by atomic mass is 10.2. The van der Waals surface area contributed by atoms with Crippen LogP contribution in [0.3, 0.4) is 0 Å². The normalized spacial score (nSPS) is 14.3. The Balaban J connectivity index is 1.65. The smallest absolute Gasteiger partial charge is 0.341 e. The number of H-pyrrole nitrogens is 1. The van der Waals surface area contributed by atoms with Crippen molar-refractivity contribution >= 4 is 34.3 Å². The molecule has 23 heavy (non-hydrogen) atoms. The zero-order valence-electron chi connectivity index (χ0n) is 12.1. The molecule has 1 amide bonds. The Bertz CT molecular complexity index is 873. The number of carbonyl (C=O) groups excluding carboxylic acids is 1. The highest BCUT2D eigenvalue weighted by atomic mass is 32.1. The molecule has 1 aliphatic rings. The summed E-state index contributed by atoms with van der Waals surface area (Å²) in [4.78, 5) is 28.7. The van der Waals surface area contributed by atoms with Crippen molar-refractivity contribution in [3.05, 3.63) is 46.0 Å². The maximum Gasteiger partial charge on any atom is 0.341 e. The van der Waals surface area contributed by atoms with E-state index in [-0.39, 0.29) is 17.5 Å². The molecule has 0 aliphatic heterocycles. The first-order chi connectivity index (χ1) is 11.1. The number of hydrogen-bond acceptors (Lipinski definition) is 4. The van der Waals surface area contributed by atoms with E-state index in [2.05, 4.69) is 4.98 Å². The molecule has 0 bridgehead atoms. The minimum Gasteiger partial charge on any atom is -0.477 e. The summed E-state index contributed by atoms with van der Waals surface area (Å²) in [6, 6.07) is 3.85. The molecular formula is C16H14N2O4S. The van der Waals surface area contributed by atoms with Crippen molar-refractivity contribution in [2.24, 2.45) is 0 Å². The Morgan fingerprint density at radius 2 is 2.26 bits per heavy atom. The van der Waals surface area contributed by atoms with Gasteiger partial charge in [0.25, 0.3) is 5.91 Å². The molecule has 118 valence electrons. The van der Waals surface area contributed by atoms with Crippen LogP contribution in [0, 0.1) is 0 Å². The Labute approximate surface area is 135 Å². The van der Waals surface area contributed by atoms with E-state index in [4.69, 9.17) is 9.52 Å². The van der Waals surface area contributed by atoms with Crippen molar-refractivity contribution in [2.45, 2.75) is 25.4 Å². The van der Waals surface area contributed by atoms with Crippen molar-refractivity contribution in [3.63, 3.8) is 0 Å². The van der Waals surface area contributed by atoms with E-state index >= 15 is 0 Å². The summed E-state index contributed by atoms with van der Waals surface area (Å²) < 4.78 is 5.22. The summed E-state index contributed by atoms with van der Waals surface area (Å²) in [5.41, 5.74) is 2.25. The van der Waals surface area contributed by atoms with Crippen molar-refractivity contribution < 1.29 is 19.1 Å². The van der Waals surface area contributed by atoms with Gasteiger partial charge >= 0.3 is 5.97 Å². The largest absolute Gasteiger partial charge is 0.477 e. The molecule has 1 fully saturated rings. The number of fused-ring (bicyclic) bond motifs is 1. The number of amides is 1. The third-order valence-corrected chi connectivity index (χ3v) is 4.73. The molecule has 7 heteroatoms. The van der Waals surface area contributed by atoms with Gasteiger partial charge in [-0.05, 0) is 35.2 Å². The molecule has 3 aromatic rings. The molecule has 0 saturated heterocycles. The van der Waals surface area contributed by atoms with Crippen LogP contribution >= 0.6 is 11.3 Å². The standard InChI is InChI=1S/C16H14N2O4S/c19-15(18(10-1-2-10)6-9-3-4-23-8-9)12-5-13-14(17-12)11(7-22-13)16(20)21/h3-5,7-8,10,17H,1-2,6H2,(H,20,21). The maximum atomic E-state index is 12.8. The van der Waals surface area contributed by atoms with Crippen molar-refractivity contribution in [1.29, 1.82) is 0 Å². The number of hydrogen-bond donors (Lipinski definition) is 2. The van der Waals surface area contributed by atoms with E-state index in [9.17, 15) is 9.59 Å². The number of carboxylic acids is 1. The third-order valence-electron chi connectivity index (χ3n) is 4.00. The molecule has 0 unspecified atom stereocenters. The zero-order chi connectivity index (χ0) is 16.0. The van der Waals surface area contributed by atoms with Crippen LogP contribution in [0.25, 0.3) is 11.1 Å². The Morgan fingerprint density at radius 1 is 1.43 bits per heavy atom. The number of aromatic carboxylic acids is 1. The van der Waals surface area contributed by atoms with Crippen LogP contribution in [-0.2, 0) is 6.54 Å². The Kier molecular flexibility index (Phi) is 3.23. The summed E-state index contributed by atoms with van der Waals surface area (Å²) >= 11 is 1.61. The summed E-state index contributed by atoms with van der Waals surface area (Å²) in [7, 11) is 0. The number of rotatable bonds is 5. The summed E-state index contributed by atoms with van der Waals surface area (Å²) in [5.74, 6) is -1.21. The van der Waals surface area contributed by atoms with Crippen LogP contribution in [0.15, 0.2) is 33.6 Å². The zero-order valence-corrected chi connectivity index (χ0v) is 12.9. The molecule has 0 spiro atoms. The predicted molar refractivity (Wildman–Crippen MR) is 84.7 cm³/mol. The molecule has 1 aliphatic carbocycles. The third kappa shape index (κ3) is 2.53. The number of aromatic nitrogens is 1. The van der Waals surface area contributed by atoms with Crippen molar-refractivity contribution in [3.8, 4) is 0 Å². The van der Waals surface area contributed by atoms with Crippen molar-refractivity contribution in [1.82, 2.24) is 9.88 Å². The first-order valence-corrected chi connectivity index (χ1v) is 8.23. The number of aromatic amines is 1. The summed E-state index contributed by atoms with van der Waals surface area (Å²) in [6.07, 6.45) is 3.20. The van der Waals surface area contributed by atoms with Crippen LogP contribution in [0.4, 0.5) is 0 Å². The summed E-state index contributed by atoms with van der Waals surface area (Å²) in [6.45, 7) is 0.569. The number of thiophene rings is 1. The van der Waals surface area contributed by atoms with Crippen LogP contribution in [0.2, 0.25) is 0 Å². The van der Waals surface area contributed by atoms with E-state index in [0.29, 0.717) is 23.3 Å². The summed E-state index contributed by atoms with van der Waals surface area (Å²) in [5, 5.41) is 13.1. The first-order valence-electron chi connectivity index (χ1n) is 7.29.